The monoisotopic (exact) mass is 331 g/mol. The average Bonchev–Trinajstić information content (AvgIpc) is 2.55. The van der Waals surface area contributed by atoms with E-state index >= 15 is 0 Å². The first-order chi connectivity index (χ1) is 11.0. The van der Waals surface area contributed by atoms with Crippen molar-refractivity contribution < 1.29 is 23.0 Å². The Kier molecular flexibility index (Phi) is 4.93. The molecule has 3 fully saturated rings. The van der Waals surface area contributed by atoms with Crippen LogP contribution in [0, 0.1) is 5.92 Å². The molecule has 0 unspecified atom stereocenters. The summed E-state index contributed by atoms with van der Waals surface area (Å²) in [7, 11) is 1.72. The lowest BCUT2D eigenvalue weighted by Crippen LogP contribution is -2.57. The number of halogens is 2. The summed E-state index contributed by atoms with van der Waals surface area (Å²) in [5.41, 5.74) is -0.261. The number of nitrogens with zero attached hydrogens (tertiary/aromatic N) is 1. The minimum atomic E-state index is -2.58. The Morgan fingerprint density at radius 2 is 1.78 bits per heavy atom. The van der Waals surface area contributed by atoms with Crippen molar-refractivity contribution >= 4 is 5.91 Å². The molecule has 1 atom stereocenters. The number of methoxy groups -OCH3 is 1. The van der Waals surface area contributed by atoms with E-state index in [1.54, 1.807) is 7.11 Å². The molecule has 0 aromatic rings. The van der Waals surface area contributed by atoms with Crippen LogP contribution in [0.4, 0.5) is 8.78 Å². The van der Waals surface area contributed by atoms with Gasteiger partial charge in [-0.05, 0) is 38.5 Å². The van der Waals surface area contributed by atoms with Crippen LogP contribution >= 0.6 is 0 Å². The number of hydrogen-bond donors (Lipinski definition) is 0. The highest BCUT2D eigenvalue weighted by molar-refractivity contribution is 5.79. The molecule has 132 valence electrons. The van der Waals surface area contributed by atoms with Gasteiger partial charge in [0, 0.05) is 45.6 Å². The summed E-state index contributed by atoms with van der Waals surface area (Å²) in [4.78, 5) is 14.4. The zero-order valence-corrected chi connectivity index (χ0v) is 13.9. The highest BCUT2D eigenvalue weighted by Gasteiger charge is 2.46. The third kappa shape index (κ3) is 3.53. The van der Waals surface area contributed by atoms with Gasteiger partial charge in [0.2, 0.25) is 11.8 Å². The first kappa shape index (κ1) is 17.1. The van der Waals surface area contributed by atoms with Gasteiger partial charge in [-0.1, -0.05) is 0 Å². The standard InChI is InChI=1S/C17H27F2NO3/c1-22-14-3-2-12-23-16(14)8-10-20(11-9-16)15(21)13-4-6-17(18,19)7-5-13/h13-14H,2-12H2,1H3/t14-/m1/s1. The zero-order chi connectivity index (χ0) is 16.5. The van der Waals surface area contributed by atoms with E-state index in [0.29, 0.717) is 25.9 Å². The van der Waals surface area contributed by atoms with Gasteiger partial charge < -0.3 is 14.4 Å². The minimum absolute atomic E-state index is 0.0557. The predicted octanol–water partition coefficient (Wildman–Crippen LogP) is 3.00. The number of alkyl halides is 2. The Balaban J connectivity index is 1.55. The lowest BCUT2D eigenvalue weighted by atomic mass is 9.80. The van der Waals surface area contributed by atoms with E-state index in [9.17, 15) is 13.6 Å². The van der Waals surface area contributed by atoms with Crippen LogP contribution < -0.4 is 0 Å². The Labute approximate surface area is 136 Å². The van der Waals surface area contributed by atoms with Crippen molar-refractivity contribution in [3.05, 3.63) is 0 Å². The van der Waals surface area contributed by atoms with Crippen LogP contribution in [0.1, 0.15) is 51.4 Å². The molecule has 1 amide bonds. The molecule has 0 N–H and O–H groups in total. The maximum atomic E-state index is 13.2. The van der Waals surface area contributed by atoms with Crippen LogP contribution in [0.5, 0.6) is 0 Å². The summed E-state index contributed by atoms with van der Waals surface area (Å²) in [6.07, 6.45) is 3.98. The molecule has 0 bridgehead atoms. The molecule has 2 heterocycles. The topological polar surface area (TPSA) is 38.8 Å². The number of carbonyl (C=O) groups excluding carboxylic acids is 1. The van der Waals surface area contributed by atoms with Crippen LogP contribution in [0.25, 0.3) is 0 Å². The van der Waals surface area contributed by atoms with E-state index in [1.165, 1.54) is 0 Å². The number of rotatable bonds is 2. The average molecular weight is 331 g/mol. The van der Waals surface area contributed by atoms with Gasteiger partial charge >= 0.3 is 0 Å². The van der Waals surface area contributed by atoms with Gasteiger partial charge in [-0.15, -0.1) is 0 Å². The number of hydrogen-bond acceptors (Lipinski definition) is 3. The van der Waals surface area contributed by atoms with Crippen molar-refractivity contribution in [3.63, 3.8) is 0 Å². The molecule has 6 heteroatoms. The summed E-state index contributed by atoms with van der Waals surface area (Å²) >= 11 is 0. The second-order valence-corrected chi connectivity index (χ2v) is 7.24. The molecule has 0 aromatic heterocycles. The van der Waals surface area contributed by atoms with Crippen LogP contribution in [-0.2, 0) is 14.3 Å². The molecule has 1 saturated carbocycles. The third-order valence-electron chi connectivity index (χ3n) is 5.86. The van der Waals surface area contributed by atoms with Gasteiger partial charge in [0.15, 0.2) is 0 Å². The minimum Gasteiger partial charge on any atom is -0.378 e. The second kappa shape index (κ2) is 6.63. The molecular weight excluding hydrogens is 304 g/mol. The molecular formula is C17H27F2NO3. The van der Waals surface area contributed by atoms with Crippen LogP contribution in [0.2, 0.25) is 0 Å². The van der Waals surface area contributed by atoms with Gasteiger partial charge in [-0.3, -0.25) is 4.79 Å². The van der Waals surface area contributed by atoms with Crippen molar-refractivity contribution in [2.75, 3.05) is 26.8 Å². The fourth-order valence-electron chi connectivity index (χ4n) is 4.35. The number of likely N-dealkylation sites (tertiary alicyclic amines) is 1. The fraction of sp³-hybridized carbons (Fsp3) is 0.941. The van der Waals surface area contributed by atoms with Gasteiger partial charge in [0.05, 0.1) is 11.7 Å². The van der Waals surface area contributed by atoms with Crippen LogP contribution in [-0.4, -0.2) is 55.2 Å². The molecule has 0 radical (unpaired) electrons. The maximum absolute atomic E-state index is 13.2. The summed E-state index contributed by atoms with van der Waals surface area (Å²) in [5.74, 6) is -2.75. The Morgan fingerprint density at radius 3 is 2.39 bits per heavy atom. The molecule has 0 aromatic carbocycles. The number of piperidine rings is 1. The van der Waals surface area contributed by atoms with Crippen LogP contribution in [0.3, 0.4) is 0 Å². The fourth-order valence-corrected chi connectivity index (χ4v) is 4.35. The van der Waals surface area contributed by atoms with Crippen molar-refractivity contribution in [3.8, 4) is 0 Å². The summed E-state index contributed by atoms with van der Waals surface area (Å²) in [6, 6.07) is 0. The van der Waals surface area contributed by atoms with Crippen molar-refractivity contribution in [1.29, 1.82) is 0 Å². The first-order valence-corrected chi connectivity index (χ1v) is 8.79. The number of carbonyl (C=O) groups is 1. The molecule has 3 aliphatic rings. The van der Waals surface area contributed by atoms with Gasteiger partial charge in [-0.2, -0.15) is 0 Å². The van der Waals surface area contributed by atoms with E-state index in [2.05, 4.69) is 0 Å². The van der Waals surface area contributed by atoms with Crippen LogP contribution in [0.15, 0.2) is 0 Å². The van der Waals surface area contributed by atoms with E-state index in [1.807, 2.05) is 4.90 Å². The smallest absolute Gasteiger partial charge is 0.248 e. The molecule has 4 nitrogen and oxygen atoms in total. The van der Waals surface area contributed by atoms with Gasteiger partial charge in [0.1, 0.15) is 0 Å². The Bertz CT molecular complexity index is 426. The SMILES string of the molecule is CO[C@@H]1CCCOC12CCN(C(=O)C1CCC(F)(F)CC1)CC2. The highest BCUT2D eigenvalue weighted by atomic mass is 19.3. The van der Waals surface area contributed by atoms with Crippen molar-refractivity contribution in [2.24, 2.45) is 5.92 Å². The zero-order valence-electron chi connectivity index (χ0n) is 13.9. The summed E-state index contributed by atoms with van der Waals surface area (Å²) in [5, 5.41) is 0. The number of ether oxygens (including phenoxy) is 2. The molecule has 2 saturated heterocycles. The number of amides is 1. The van der Waals surface area contributed by atoms with E-state index in [4.69, 9.17) is 9.47 Å². The largest absolute Gasteiger partial charge is 0.378 e. The Morgan fingerprint density at radius 1 is 1.13 bits per heavy atom. The normalized spacial score (nSPS) is 31.3. The molecule has 2 aliphatic heterocycles. The molecule has 1 aliphatic carbocycles. The first-order valence-electron chi connectivity index (χ1n) is 8.79. The molecule has 3 rings (SSSR count). The van der Waals surface area contributed by atoms with Gasteiger partial charge in [-0.25, -0.2) is 8.78 Å². The predicted molar refractivity (Wildman–Crippen MR) is 81.4 cm³/mol. The van der Waals surface area contributed by atoms with Gasteiger partial charge in [0.25, 0.3) is 0 Å². The molecule has 1 spiro atoms. The third-order valence-corrected chi connectivity index (χ3v) is 5.86. The lowest BCUT2D eigenvalue weighted by Gasteiger charge is -2.48. The second-order valence-electron chi connectivity index (χ2n) is 7.24. The van der Waals surface area contributed by atoms with Crippen molar-refractivity contribution in [1.82, 2.24) is 4.90 Å². The summed E-state index contributed by atoms with van der Waals surface area (Å²) in [6.45, 7) is 2.04. The van der Waals surface area contributed by atoms with E-state index in [0.717, 1.165) is 32.3 Å². The maximum Gasteiger partial charge on any atom is 0.248 e. The Hall–Kier alpha value is -0.750. The van der Waals surface area contributed by atoms with E-state index in [-0.39, 0.29) is 36.4 Å². The quantitative estimate of drug-likeness (QED) is 0.781. The highest BCUT2D eigenvalue weighted by Crippen LogP contribution is 2.39. The van der Waals surface area contributed by atoms with E-state index < -0.39 is 5.92 Å². The lowest BCUT2D eigenvalue weighted by molar-refractivity contribution is -0.189. The van der Waals surface area contributed by atoms with Crippen molar-refractivity contribution in [2.45, 2.75) is 69.0 Å². The molecule has 23 heavy (non-hydrogen) atoms. The summed E-state index contributed by atoms with van der Waals surface area (Å²) < 4.78 is 38.2.